The molecule has 0 unspecified atom stereocenters. The molecule has 0 aliphatic carbocycles. The van der Waals surface area contributed by atoms with E-state index in [2.05, 4.69) is 20.5 Å². The smallest absolute Gasteiger partial charge is 0.286 e. The second-order valence-electron chi connectivity index (χ2n) is 5.60. The van der Waals surface area contributed by atoms with Crippen LogP contribution in [-0.4, -0.2) is 64.0 Å². The normalized spacial score (nSPS) is 14.4. The quantitative estimate of drug-likeness (QED) is 0.499. The summed E-state index contributed by atoms with van der Waals surface area (Å²) >= 11 is 3.89. The average Bonchev–Trinajstić information content (AvgIpc) is 3.33. The average molecular weight is 422 g/mol. The van der Waals surface area contributed by atoms with Gasteiger partial charge in [0.15, 0.2) is 9.35 Å². The molecule has 2 aromatic heterocycles. The summed E-state index contributed by atoms with van der Waals surface area (Å²) in [4.78, 5) is 30.6. The van der Waals surface area contributed by atoms with Crippen molar-refractivity contribution in [1.82, 2.24) is 20.1 Å². The van der Waals surface area contributed by atoms with Crippen molar-refractivity contribution >= 4 is 61.6 Å². The van der Waals surface area contributed by atoms with Crippen LogP contribution in [0.25, 0.3) is 10.2 Å². The van der Waals surface area contributed by atoms with E-state index in [0.717, 1.165) is 10.2 Å². The number of ether oxygens (including phenoxy) is 1. The Kier molecular flexibility index (Phi) is 5.62. The van der Waals surface area contributed by atoms with Crippen LogP contribution in [-0.2, 0) is 9.53 Å². The van der Waals surface area contributed by atoms with Gasteiger partial charge in [0.2, 0.25) is 11.0 Å². The van der Waals surface area contributed by atoms with E-state index >= 15 is 0 Å². The van der Waals surface area contributed by atoms with Gasteiger partial charge in [-0.05, 0) is 12.1 Å². The molecule has 1 aliphatic rings. The van der Waals surface area contributed by atoms with E-state index in [1.807, 2.05) is 24.3 Å². The molecule has 140 valence electrons. The van der Waals surface area contributed by atoms with E-state index in [4.69, 9.17) is 4.74 Å². The van der Waals surface area contributed by atoms with Crippen LogP contribution in [0.2, 0.25) is 0 Å². The molecule has 3 heterocycles. The minimum atomic E-state index is -0.312. The molecule has 0 saturated carbocycles. The SMILES string of the molecule is O=C(Nc1nnc(SCC(=O)N2CCOCC2)s1)c1nc2ccccc2s1. The fourth-order valence-corrected chi connectivity index (χ4v) is 4.98. The number of fused-ring (bicyclic) bond motifs is 1. The maximum atomic E-state index is 12.4. The third-order valence-electron chi connectivity index (χ3n) is 3.80. The number of thioether (sulfide) groups is 1. The van der Waals surface area contributed by atoms with Crippen molar-refractivity contribution in [3.05, 3.63) is 29.3 Å². The molecule has 3 aromatic rings. The zero-order chi connectivity index (χ0) is 18.6. The van der Waals surface area contributed by atoms with Gasteiger partial charge in [-0.25, -0.2) is 4.98 Å². The van der Waals surface area contributed by atoms with Crippen molar-refractivity contribution in [2.45, 2.75) is 4.34 Å². The molecule has 0 radical (unpaired) electrons. The van der Waals surface area contributed by atoms with Gasteiger partial charge in [-0.3, -0.25) is 14.9 Å². The number of aromatic nitrogens is 3. The fraction of sp³-hybridized carbons (Fsp3) is 0.312. The number of hydrogen-bond donors (Lipinski definition) is 1. The molecule has 0 bridgehead atoms. The molecule has 1 saturated heterocycles. The predicted molar refractivity (Wildman–Crippen MR) is 106 cm³/mol. The van der Waals surface area contributed by atoms with E-state index in [9.17, 15) is 9.59 Å². The zero-order valence-electron chi connectivity index (χ0n) is 14.1. The molecule has 27 heavy (non-hydrogen) atoms. The Morgan fingerprint density at radius 3 is 2.81 bits per heavy atom. The Labute approximate surface area is 166 Å². The molecule has 2 amide bonds. The van der Waals surface area contributed by atoms with Crippen LogP contribution in [0.4, 0.5) is 5.13 Å². The Morgan fingerprint density at radius 1 is 1.19 bits per heavy atom. The van der Waals surface area contributed by atoms with Crippen LogP contribution in [0.3, 0.4) is 0 Å². The summed E-state index contributed by atoms with van der Waals surface area (Å²) in [6, 6.07) is 7.59. The lowest BCUT2D eigenvalue weighted by Gasteiger charge is -2.26. The van der Waals surface area contributed by atoms with E-state index in [-0.39, 0.29) is 11.8 Å². The number of nitrogens with zero attached hydrogens (tertiary/aromatic N) is 4. The van der Waals surface area contributed by atoms with E-state index in [1.54, 1.807) is 4.90 Å². The molecule has 1 fully saturated rings. The number of rotatable bonds is 5. The minimum Gasteiger partial charge on any atom is -0.378 e. The van der Waals surface area contributed by atoms with E-state index in [1.165, 1.54) is 34.4 Å². The monoisotopic (exact) mass is 421 g/mol. The number of benzene rings is 1. The first-order valence-electron chi connectivity index (χ1n) is 8.18. The number of para-hydroxylation sites is 1. The van der Waals surface area contributed by atoms with Crippen LogP contribution in [0.1, 0.15) is 9.80 Å². The zero-order valence-corrected chi connectivity index (χ0v) is 16.5. The molecule has 1 aliphatic heterocycles. The van der Waals surface area contributed by atoms with Crippen LogP contribution in [0, 0.1) is 0 Å². The summed E-state index contributed by atoms with van der Waals surface area (Å²) in [5, 5.41) is 11.5. The number of thiazole rings is 1. The predicted octanol–water partition coefficient (Wildman–Crippen LogP) is 2.35. The minimum absolute atomic E-state index is 0.0542. The van der Waals surface area contributed by atoms with Gasteiger partial charge in [0.25, 0.3) is 5.91 Å². The molecule has 0 atom stereocenters. The van der Waals surface area contributed by atoms with Crippen molar-refractivity contribution < 1.29 is 14.3 Å². The number of amides is 2. The topological polar surface area (TPSA) is 97.3 Å². The molecule has 8 nitrogen and oxygen atoms in total. The largest absolute Gasteiger partial charge is 0.378 e. The Hall–Kier alpha value is -2.08. The first kappa shape index (κ1) is 18.3. The summed E-state index contributed by atoms with van der Waals surface area (Å²) in [6.07, 6.45) is 0. The molecule has 4 rings (SSSR count). The molecule has 0 spiro atoms. The summed E-state index contributed by atoms with van der Waals surface area (Å²) in [5.74, 6) is 0.0346. The third kappa shape index (κ3) is 4.43. The van der Waals surface area contributed by atoms with Gasteiger partial charge in [0.05, 0.1) is 29.2 Å². The summed E-state index contributed by atoms with van der Waals surface area (Å²) in [5.41, 5.74) is 0.794. The lowest BCUT2D eigenvalue weighted by atomic mass is 10.3. The van der Waals surface area contributed by atoms with Crippen LogP contribution in [0.5, 0.6) is 0 Å². The van der Waals surface area contributed by atoms with Crippen molar-refractivity contribution in [2.24, 2.45) is 0 Å². The Morgan fingerprint density at radius 2 is 2.00 bits per heavy atom. The van der Waals surface area contributed by atoms with Gasteiger partial charge in [0.1, 0.15) is 0 Å². The van der Waals surface area contributed by atoms with Gasteiger partial charge >= 0.3 is 0 Å². The first-order valence-corrected chi connectivity index (χ1v) is 10.8. The van der Waals surface area contributed by atoms with Crippen molar-refractivity contribution in [3.8, 4) is 0 Å². The van der Waals surface area contributed by atoms with Crippen molar-refractivity contribution in [3.63, 3.8) is 0 Å². The third-order valence-corrected chi connectivity index (χ3v) is 6.79. The number of anilines is 1. The lowest BCUT2D eigenvalue weighted by molar-refractivity contribution is -0.132. The highest BCUT2D eigenvalue weighted by atomic mass is 32.2. The number of nitrogens with one attached hydrogen (secondary N) is 1. The standard InChI is InChI=1S/C16H15N5O3S3/c22-12(21-5-7-24-8-6-21)9-25-16-20-19-15(27-16)18-13(23)14-17-10-3-1-2-4-11(10)26-14/h1-4H,5-9H2,(H,18,19,23). The Balaban J connectivity index is 1.33. The van der Waals surface area contributed by atoms with E-state index < -0.39 is 0 Å². The summed E-state index contributed by atoms with van der Waals surface area (Å²) in [6.45, 7) is 2.41. The molecule has 1 N–H and O–H groups in total. The highest BCUT2D eigenvalue weighted by Crippen LogP contribution is 2.27. The molecule has 1 aromatic carbocycles. The molecular formula is C16H15N5O3S3. The van der Waals surface area contributed by atoms with Crippen molar-refractivity contribution in [2.75, 3.05) is 37.4 Å². The summed E-state index contributed by atoms with van der Waals surface area (Å²) < 4.78 is 6.83. The second kappa shape index (κ2) is 8.30. The van der Waals surface area contributed by atoms with Crippen molar-refractivity contribution in [1.29, 1.82) is 0 Å². The van der Waals surface area contributed by atoms with Gasteiger partial charge < -0.3 is 9.64 Å². The second-order valence-corrected chi connectivity index (χ2v) is 8.83. The molecule has 11 heteroatoms. The number of hydrogen-bond acceptors (Lipinski definition) is 9. The van der Waals surface area contributed by atoms with E-state index in [0.29, 0.717) is 46.5 Å². The van der Waals surface area contributed by atoms with Gasteiger partial charge in [-0.2, -0.15) is 0 Å². The Bertz CT molecular complexity index is 934. The van der Waals surface area contributed by atoms with Crippen LogP contribution >= 0.6 is 34.4 Å². The lowest BCUT2D eigenvalue weighted by Crippen LogP contribution is -2.41. The van der Waals surface area contributed by atoms with Crippen LogP contribution in [0.15, 0.2) is 28.6 Å². The van der Waals surface area contributed by atoms with Crippen LogP contribution < -0.4 is 5.32 Å². The number of morpholine rings is 1. The highest BCUT2D eigenvalue weighted by Gasteiger charge is 2.19. The molecular weight excluding hydrogens is 406 g/mol. The van der Waals surface area contributed by atoms with Gasteiger partial charge in [0, 0.05) is 13.1 Å². The highest BCUT2D eigenvalue weighted by molar-refractivity contribution is 8.01. The fourth-order valence-electron chi connectivity index (χ4n) is 2.47. The van der Waals surface area contributed by atoms with Gasteiger partial charge in [-0.1, -0.05) is 35.2 Å². The number of carbonyl (C=O) groups excluding carboxylic acids is 2. The number of carbonyl (C=O) groups is 2. The first-order chi connectivity index (χ1) is 13.2. The maximum Gasteiger partial charge on any atom is 0.286 e. The van der Waals surface area contributed by atoms with Gasteiger partial charge in [-0.15, -0.1) is 21.5 Å². The summed E-state index contributed by atoms with van der Waals surface area (Å²) in [7, 11) is 0. The maximum absolute atomic E-state index is 12.4.